The molecule has 29 heavy (non-hydrogen) atoms. The van der Waals surface area contributed by atoms with Gasteiger partial charge in [-0.05, 0) is 61.1 Å². The van der Waals surface area contributed by atoms with Crippen LogP contribution < -0.4 is 4.90 Å². The van der Waals surface area contributed by atoms with Crippen molar-refractivity contribution in [1.82, 2.24) is 14.8 Å². The Morgan fingerprint density at radius 2 is 1.48 bits per heavy atom. The number of rotatable bonds is 4. The van der Waals surface area contributed by atoms with Crippen LogP contribution in [0.3, 0.4) is 0 Å². The first-order valence-electron chi connectivity index (χ1n) is 11.2. The molecule has 0 bridgehead atoms. The lowest BCUT2D eigenvalue weighted by atomic mass is 9.92. The number of halogens is 1. The summed E-state index contributed by atoms with van der Waals surface area (Å²) in [6, 6.07) is 10.7. The van der Waals surface area contributed by atoms with Gasteiger partial charge >= 0.3 is 0 Å². The highest BCUT2D eigenvalue weighted by molar-refractivity contribution is 6.30. The number of fused-ring (bicyclic) bond motifs is 2. The third kappa shape index (κ3) is 4.45. The van der Waals surface area contributed by atoms with Crippen LogP contribution in [0.4, 0.5) is 5.69 Å². The summed E-state index contributed by atoms with van der Waals surface area (Å²) < 4.78 is 0. The molecule has 3 aliphatic rings. The second-order valence-electron chi connectivity index (χ2n) is 8.74. The number of pyridine rings is 1. The van der Waals surface area contributed by atoms with Crippen molar-refractivity contribution in [2.75, 3.05) is 50.7 Å². The molecule has 0 amide bonds. The van der Waals surface area contributed by atoms with Gasteiger partial charge in [0.05, 0.1) is 0 Å². The molecule has 1 aromatic carbocycles. The average Bonchev–Trinajstić information content (AvgIpc) is 2.77. The SMILES string of the molecule is Clc1ccc(N2CCN(CCN3CCc4nc5c(cc4C3)CCCC5)CC2)cc1. The van der Waals surface area contributed by atoms with E-state index in [1.54, 1.807) is 0 Å². The topological polar surface area (TPSA) is 22.6 Å². The molecule has 1 aromatic heterocycles. The number of benzene rings is 1. The zero-order valence-corrected chi connectivity index (χ0v) is 18.0. The van der Waals surface area contributed by atoms with Crippen LogP contribution in [0, 0.1) is 0 Å². The molecular formula is C24H31ClN4. The van der Waals surface area contributed by atoms with Crippen LogP contribution in [0.2, 0.25) is 5.02 Å². The van der Waals surface area contributed by atoms with Crippen LogP contribution in [-0.2, 0) is 25.8 Å². The molecule has 5 rings (SSSR count). The molecule has 0 N–H and O–H groups in total. The first-order valence-corrected chi connectivity index (χ1v) is 11.6. The minimum atomic E-state index is 0.811. The molecule has 4 nitrogen and oxygen atoms in total. The first-order chi connectivity index (χ1) is 14.2. The summed E-state index contributed by atoms with van der Waals surface area (Å²) in [7, 11) is 0. The normalized spacial score (nSPS) is 20.4. The molecule has 0 unspecified atom stereocenters. The van der Waals surface area contributed by atoms with E-state index in [0.717, 1.165) is 57.3 Å². The van der Waals surface area contributed by atoms with Gasteiger partial charge in [0.15, 0.2) is 0 Å². The van der Waals surface area contributed by atoms with E-state index in [1.165, 1.54) is 60.4 Å². The van der Waals surface area contributed by atoms with E-state index >= 15 is 0 Å². The van der Waals surface area contributed by atoms with Crippen molar-refractivity contribution in [1.29, 1.82) is 0 Å². The van der Waals surface area contributed by atoms with Crippen LogP contribution in [0.1, 0.15) is 35.4 Å². The van der Waals surface area contributed by atoms with E-state index in [9.17, 15) is 0 Å². The predicted molar refractivity (Wildman–Crippen MR) is 120 cm³/mol. The monoisotopic (exact) mass is 410 g/mol. The summed E-state index contributed by atoms with van der Waals surface area (Å²) in [4.78, 5) is 12.7. The molecular weight excluding hydrogens is 380 g/mol. The lowest BCUT2D eigenvalue weighted by Crippen LogP contribution is -2.48. The van der Waals surface area contributed by atoms with Gasteiger partial charge in [0, 0.05) is 80.9 Å². The van der Waals surface area contributed by atoms with Gasteiger partial charge in [-0.1, -0.05) is 17.7 Å². The van der Waals surface area contributed by atoms with Gasteiger partial charge in [-0.15, -0.1) is 0 Å². The number of piperazine rings is 1. The Morgan fingerprint density at radius 1 is 0.759 bits per heavy atom. The summed E-state index contributed by atoms with van der Waals surface area (Å²) in [6.45, 7) is 9.05. The largest absolute Gasteiger partial charge is 0.369 e. The Balaban J connectivity index is 1.12. The van der Waals surface area contributed by atoms with E-state index < -0.39 is 0 Å². The molecule has 5 heteroatoms. The van der Waals surface area contributed by atoms with Crippen LogP contribution >= 0.6 is 11.6 Å². The Labute approximate surface area is 179 Å². The van der Waals surface area contributed by atoms with Gasteiger partial charge in [0.1, 0.15) is 0 Å². The molecule has 3 heterocycles. The Morgan fingerprint density at radius 3 is 2.31 bits per heavy atom. The number of anilines is 1. The summed E-state index contributed by atoms with van der Waals surface area (Å²) >= 11 is 6.02. The Kier molecular flexibility index (Phi) is 5.76. The van der Waals surface area contributed by atoms with Gasteiger partial charge in [-0.25, -0.2) is 0 Å². The quantitative estimate of drug-likeness (QED) is 0.764. The zero-order chi connectivity index (χ0) is 19.6. The fraction of sp³-hybridized carbons (Fsp3) is 0.542. The van der Waals surface area contributed by atoms with Gasteiger partial charge in [0.25, 0.3) is 0 Å². The van der Waals surface area contributed by atoms with E-state index in [4.69, 9.17) is 16.6 Å². The summed E-state index contributed by atoms with van der Waals surface area (Å²) in [5, 5.41) is 0.811. The lowest BCUT2D eigenvalue weighted by Gasteiger charge is -2.37. The molecule has 1 aliphatic carbocycles. The van der Waals surface area contributed by atoms with E-state index in [-0.39, 0.29) is 0 Å². The second-order valence-corrected chi connectivity index (χ2v) is 9.17. The minimum absolute atomic E-state index is 0.811. The molecule has 0 radical (unpaired) electrons. The average molecular weight is 411 g/mol. The van der Waals surface area contributed by atoms with Crippen molar-refractivity contribution < 1.29 is 0 Å². The molecule has 1 saturated heterocycles. The van der Waals surface area contributed by atoms with Gasteiger partial charge in [-0.3, -0.25) is 14.8 Å². The van der Waals surface area contributed by atoms with Crippen LogP contribution in [0.25, 0.3) is 0 Å². The van der Waals surface area contributed by atoms with E-state index in [1.807, 2.05) is 12.1 Å². The van der Waals surface area contributed by atoms with Crippen molar-refractivity contribution >= 4 is 17.3 Å². The van der Waals surface area contributed by atoms with E-state index in [2.05, 4.69) is 32.9 Å². The first kappa shape index (κ1) is 19.3. The number of hydrogen-bond acceptors (Lipinski definition) is 4. The molecule has 2 aliphatic heterocycles. The van der Waals surface area contributed by atoms with Gasteiger partial charge in [-0.2, -0.15) is 0 Å². The number of aromatic nitrogens is 1. The Bertz CT molecular complexity index is 843. The highest BCUT2D eigenvalue weighted by Gasteiger charge is 2.22. The standard InChI is InChI=1S/C24H31ClN4/c25-21-5-7-22(8-6-21)29-15-13-27(14-16-29)11-12-28-10-9-24-20(18-28)17-19-3-1-2-4-23(19)26-24/h5-8,17H,1-4,9-16,18H2. The third-order valence-corrected chi connectivity index (χ3v) is 7.08. The number of nitrogens with zero attached hydrogens (tertiary/aromatic N) is 4. The second kappa shape index (κ2) is 8.63. The number of hydrogen-bond donors (Lipinski definition) is 0. The van der Waals surface area contributed by atoms with Crippen LogP contribution in [-0.4, -0.2) is 60.6 Å². The van der Waals surface area contributed by atoms with Gasteiger partial charge < -0.3 is 4.90 Å². The highest BCUT2D eigenvalue weighted by Crippen LogP contribution is 2.26. The van der Waals surface area contributed by atoms with Crippen molar-refractivity contribution in [3.63, 3.8) is 0 Å². The highest BCUT2D eigenvalue weighted by atomic mass is 35.5. The summed E-state index contributed by atoms with van der Waals surface area (Å²) in [5.41, 5.74) is 7.07. The summed E-state index contributed by atoms with van der Waals surface area (Å²) in [6.07, 6.45) is 6.18. The number of aryl methyl sites for hydroxylation is 2. The molecule has 0 saturated carbocycles. The maximum atomic E-state index is 6.02. The van der Waals surface area contributed by atoms with Crippen molar-refractivity contribution in [2.45, 2.75) is 38.6 Å². The maximum Gasteiger partial charge on any atom is 0.0464 e. The maximum absolute atomic E-state index is 6.02. The van der Waals surface area contributed by atoms with Crippen molar-refractivity contribution in [2.24, 2.45) is 0 Å². The fourth-order valence-electron chi connectivity index (χ4n) is 5.02. The molecule has 0 spiro atoms. The van der Waals surface area contributed by atoms with Crippen LogP contribution in [0.5, 0.6) is 0 Å². The molecule has 0 atom stereocenters. The smallest absolute Gasteiger partial charge is 0.0464 e. The van der Waals surface area contributed by atoms with Crippen molar-refractivity contribution in [3.8, 4) is 0 Å². The van der Waals surface area contributed by atoms with Crippen LogP contribution in [0.15, 0.2) is 30.3 Å². The predicted octanol–water partition coefficient (Wildman–Crippen LogP) is 3.79. The lowest BCUT2D eigenvalue weighted by molar-refractivity contribution is 0.186. The van der Waals surface area contributed by atoms with Crippen molar-refractivity contribution in [3.05, 3.63) is 57.9 Å². The molecule has 154 valence electrons. The fourth-order valence-corrected chi connectivity index (χ4v) is 5.14. The molecule has 1 fully saturated rings. The molecule has 2 aromatic rings. The Hall–Kier alpha value is -1.62. The minimum Gasteiger partial charge on any atom is -0.369 e. The van der Waals surface area contributed by atoms with Gasteiger partial charge in [0.2, 0.25) is 0 Å². The zero-order valence-electron chi connectivity index (χ0n) is 17.2. The third-order valence-electron chi connectivity index (χ3n) is 6.82. The summed E-state index contributed by atoms with van der Waals surface area (Å²) in [5.74, 6) is 0. The van der Waals surface area contributed by atoms with E-state index in [0.29, 0.717) is 0 Å².